The molecule has 0 spiro atoms. The van der Waals surface area contributed by atoms with Gasteiger partial charge in [-0.05, 0) is 5.56 Å². The number of carboxylic acid groups (broad SMARTS) is 1. The third-order valence-corrected chi connectivity index (χ3v) is 4.66. The number of carbonyl (C=O) groups excluding carboxylic acids is 1. The first-order valence-corrected chi connectivity index (χ1v) is 8.01. The van der Waals surface area contributed by atoms with Crippen molar-refractivity contribution in [2.24, 2.45) is 5.92 Å². The molecule has 124 valence electrons. The van der Waals surface area contributed by atoms with Crippen LogP contribution in [0.4, 0.5) is 0 Å². The minimum absolute atomic E-state index is 0.0613. The van der Waals surface area contributed by atoms with Gasteiger partial charge in [0.15, 0.2) is 0 Å². The van der Waals surface area contributed by atoms with E-state index in [1.807, 2.05) is 35.2 Å². The minimum atomic E-state index is -0.792. The van der Waals surface area contributed by atoms with Crippen LogP contribution in [0.2, 0.25) is 0 Å². The fraction of sp³-hybridized carbons (Fsp3) is 0.529. The van der Waals surface area contributed by atoms with Gasteiger partial charge in [-0.15, -0.1) is 0 Å². The van der Waals surface area contributed by atoms with Crippen molar-refractivity contribution in [3.63, 3.8) is 0 Å². The molecule has 0 aliphatic carbocycles. The summed E-state index contributed by atoms with van der Waals surface area (Å²) < 4.78 is 5.26. The molecule has 1 aromatic carbocycles. The molecule has 2 heterocycles. The number of aliphatic carboxylic acids is 1. The van der Waals surface area contributed by atoms with Gasteiger partial charge in [0.1, 0.15) is 0 Å². The fourth-order valence-electron chi connectivity index (χ4n) is 3.41. The maximum Gasteiger partial charge on any atom is 0.308 e. The van der Waals surface area contributed by atoms with E-state index in [-0.39, 0.29) is 18.4 Å². The Kier molecular flexibility index (Phi) is 4.93. The molecule has 2 fully saturated rings. The topological polar surface area (TPSA) is 70.1 Å². The van der Waals surface area contributed by atoms with Gasteiger partial charge in [0.05, 0.1) is 25.7 Å². The first-order valence-electron chi connectivity index (χ1n) is 8.01. The zero-order valence-electron chi connectivity index (χ0n) is 13.1. The van der Waals surface area contributed by atoms with E-state index in [1.54, 1.807) is 4.90 Å². The Morgan fingerprint density at radius 1 is 1.13 bits per heavy atom. The second kappa shape index (κ2) is 7.10. The molecule has 3 rings (SSSR count). The molecule has 1 aromatic rings. The van der Waals surface area contributed by atoms with E-state index in [0.717, 1.165) is 5.56 Å². The Morgan fingerprint density at radius 2 is 1.83 bits per heavy atom. The quantitative estimate of drug-likeness (QED) is 0.882. The van der Waals surface area contributed by atoms with Crippen molar-refractivity contribution in [1.29, 1.82) is 0 Å². The Labute approximate surface area is 135 Å². The largest absolute Gasteiger partial charge is 0.481 e. The van der Waals surface area contributed by atoms with Crippen molar-refractivity contribution in [3.8, 4) is 0 Å². The van der Waals surface area contributed by atoms with Gasteiger partial charge in [0, 0.05) is 32.1 Å². The summed E-state index contributed by atoms with van der Waals surface area (Å²) in [7, 11) is 0. The number of ether oxygens (including phenoxy) is 1. The highest BCUT2D eigenvalue weighted by Gasteiger charge is 2.39. The summed E-state index contributed by atoms with van der Waals surface area (Å²) in [6.45, 7) is 3.72. The number of likely N-dealkylation sites (tertiary alicyclic amines) is 1. The summed E-state index contributed by atoms with van der Waals surface area (Å²) >= 11 is 0. The van der Waals surface area contributed by atoms with E-state index in [1.165, 1.54) is 0 Å². The third-order valence-electron chi connectivity index (χ3n) is 4.66. The molecule has 0 radical (unpaired) electrons. The molecular formula is C17H22N2O4. The molecule has 23 heavy (non-hydrogen) atoms. The van der Waals surface area contributed by atoms with Gasteiger partial charge in [0.2, 0.25) is 5.91 Å². The van der Waals surface area contributed by atoms with Gasteiger partial charge in [0.25, 0.3) is 0 Å². The van der Waals surface area contributed by atoms with Crippen LogP contribution in [0, 0.1) is 5.92 Å². The molecule has 2 atom stereocenters. The number of benzene rings is 1. The molecule has 1 N–H and O–H groups in total. The maximum atomic E-state index is 12.4. The van der Waals surface area contributed by atoms with Crippen LogP contribution in [0.1, 0.15) is 11.5 Å². The third kappa shape index (κ3) is 3.71. The lowest BCUT2D eigenvalue weighted by Gasteiger charge is -2.28. The molecule has 0 aromatic heterocycles. The van der Waals surface area contributed by atoms with Crippen LogP contribution in [-0.2, 0) is 14.3 Å². The average molecular weight is 318 g/mol. The van der Waals surface area contributed by atoms with Crippen LogP contribution < -0.4 is 0 Å². The van der Waals surface area contributed by atoms with Gasteiger partial charge in [-0.1, -0.05) is 30.3 Å². The molecule has 6 heteroatoms. The number of rotatable bonds is 4. The van der Waals surface area contributed by atoms with Crippen LogP contribution in [0.3, 0.4) is 0 Å². The molecule has 2 aliphatic heterocycles. The Balaban J connectivity index is 1.65. The molecule has 1 amide bonds. The summed E-state index contributed by atoms with van der Waals surface area (Å²) in [5.41, 5.74) is 1.03. The minimum Gasteiger partial charge on any atom is -0.481 e. The van der Waals surface area contributed by atoms with Crippen molar-refractivity contribution < 1.29 is 19.4 Å². The first-order chi connectivity index (χ1) is 11.1. The van der Waals surface area contributed by atoms with E-state index >= 15 is 0 Å². The number of nitrogens with zero attached hydrogens (tertiary/aromatic N) is 2. The molecule has 0 saturated carbocycles. The Bertz CT molecular complexity index is 557. The molecule has 2 saturated heterocycles. The summed E-state index contributed by atoms with van der Waals surface area (Å²) in [6.07, 6.45) is 0. The Morgan fingerprint density at radius 3 is 2.48 bits per heavy atom. The standard InChI is InChI=1S/C17H22N2O4/c20-16(19-6-8-23-9-7-19)12-18-10-14(15(11-18)17(21)22)13-4-2-1-3-5-13/h1-5,14-15H,6-12H2,(H,21,22)/t14-,15+/m0/s1. The van der Waals surface area contributed by atoms with Crippen LogP contribution in [0.15, 0.2) is 30.3 Å². The van der Waals surface area contributed by atoms with Crippen LogP contribution in [0.25, 0.3) is 0 Å². The van der Waals surface area contributed by atoms with Crippen molar-refractivity contribution in [1.82, 2.24) is 9.80 Å². The van der Waals surface area contributed by atoms with Gasteiger partial charge in [-0.25, -0.2) is 0 Å². The van der Waals surface area contributed by atoms with Gasteiger partial charge >= 0.3 is 5.97 Å². The average Bonchev–Trinajstić information content (AvgIpc) is 3.00. The second-order valence-corrected chi connectivity index (χ2v) is 6.15. The molecule has 6 nitrogen and oxygen atoms in total. The van der Waals surface area contributed by atoms with Gasteiger partial charge < -0.3 is 14.7 Å². The summed E-state index contributed by atoms with van der Waals surface area (Å²) in [6, 6.07) is 9.71. The Hall–Kier alpha value is -1.92. The fourth-order valence-corrected chi connectivity index (χ4v) is 3.41. The molecular weight excluding hydrogens is 296 g/mol. The normalized spacial score (nSPS) is 25.5. The van der Waals surface area contributed by atoms with Crippen molar-refractivity contribution in [2.45, 2.75) is 5.92 Å². The number of carboxylic acids is 1. The number of carbonyl (C=O) groups is 2. The highest BCUT2D eigenvalue weighted by atomic mass is 16.5. The van der Waals surface area contributed by atoms with Gasteiger partial charge in [-0.3, -0.25) is 14.5 Å². The van der Waals surface area contributed by atoms with E-state index in [2.05, 4.69) is 0 Å². The van der Waals surface area contributed by atoms with Gasteiger partial charge in [-0.2, -0.15) is 0 Å². The molecule has 2 aliphatic rings. The lowest BCUT2D eigenvalue weighted by molar-refractivity contribution is -0.142. The van der Waals surface area contributed by atoms with E-state index in [4.69, 9.17) is 4.74 Å². The van der Waals surface area contributed by atoms with Crippen molar-refractivity contribution >= 4 is 11.9 Å². The number of morpholine rings is 1. The molecule has 0 bridgehead atoms. The summed E-state index contributed by atoms with van der Waals surface area (Å²) in [5.74, 6) is -1.26. The highest BCUT2D eigenvalue weighted by molar-refractivity contribution is 5.79. The summed E-state index contributed by atoms with van der Waals surface area (Å²) in [5, 5.41) is 9.51. The van der Waals surface area contributed by atoms with Crippen molar-refractivity contribution in [2.75, 3.05) is 45.9 Å². The molecule has 0 unspecified atom stereocenters. The second-order valence-electron chi connectivity index (χ2n) is 6.15. The maximum absolute atomic E-state index is 12.4. The van der Waals surface area contributed by atoms with Crippen LogP contribution >= 0.6 is 0 Å². The first kappa shape index (κ1) is 16.0. The zero-order chi connectivity index (χ0) is 16.2. The lowest BCUT2D eigenvalue weighted by Crippen LogP contribution is -2.45. The van der Waals surface area contributed by atoms with E-state index in [0.29, 0.717) is 39.4 Å². The predicted octanol–water partition coefficient (Wildman–Crippen LogP) is 0.645. The predicted molar refractivity (Wildman–Crippen MR) is 84.1 cm³/mol. The van der Waals surface area contributed by atoms with E-state index < -0.39 is 11.9 Å². The monoisotopic (exact) mass is 318 g/mol. The van der Waals surface area contributed by atoms with Crippen LogP contribution in [-0.4, -0.2) is 72.7 Å². The van der Waals surface area contributed by atoms with Crippen molar-refractivity contribution in [3.05, 3.63) is 35.9 Å². The van der Waals surface area contributed by atoms with E-state index in [9.17, 15) is 14.7 Å². The number of hydrogen-bond acceptors (Lipinski definition) is 4. The number of hydrogen-bond donors (Lipinski definition) is 1. The smallest absolute Gasteiger partial charge is 0.308 e. The lowest BCUT2D eigenvalue weighted by atomic mass is 9.89. The zero-order valence-corrected chi connectivity index (χ0v) is 13.1. The van der Waals surface area contributed by atoms with Crippen LogP contribution in [0.5, 0.6) is 0 Å². The summed E-state index contributed by atoms with van der Waals surface area (Å²) in [4.78, 5) is 27.7. The SMILES string of the molecule is O=C(O)[C@@H]1CN(CC(=O)N2CCOCC2)C[C@H]1c1ccccc1. The number of amides is 1. The highest BCUT2D eigenvalue weighted by Crippen LogP contribution is 2.32.